The topological polar surface area (TPSA) is 81.7 Å². The summed E-state index contributed by atoms with van der Waals surface area (Å²) in [4.78, 5) is 36.4. The van der Waals surface area contributed by atoms with Gasteiger partial charge in [0.1, 0.15) is 0 Å². The van der Waals surface area contributed by atoms with E-state index >= 15 is 0 Å². The normalized spacial score (nSPS) is 15.8. The van der Waals surface area contributed by atoms with Gasteiger partial charge in [-0.05, 0) is 35.9 Å². The maximum absolute atomic E-state index is 12.5. The van der Waals surface area contributed by atoms with Crippen LogP contribution in [0.1, 0.15) is 26.3 Å². The van der Waals surface area contributed by atoms with Crippen LogP contribution in [-0.4, -0.2) is 31.1 Å². The highest BCUT2D eigenvalue weighted by molar-refractivity contribution is 9.10. The molecule has 1 atom stereocenters. The van der Waals surface area contributed by atoms with Crippen LogP contribution in [0.4, 0.5) is 5.69 Å². The van der Waals surface area contributed by atoms with Crippen LogP contribution in [0.3, 0.4) is 0 Å². The van der Waals surface area contributed by atoms with Crippen molar-refractivity contribution >= 4 is 39.5 Å². The molecule has 0 radical (unpaired) electrons. The lowest BCUT2D eigenvalue weighted by Gasteiger charge is -2.24. The number of rotatable bonds is 3. The fourth-order valence-electron chi connectivity index (χ4n) is 2.60. The van der Waals surface area contributed by atoms with E-state index in [0.717, 1.165) is 10.0 Å². The van der Waals surface area contributed by atoms with Crippen molar-refractivity contribution in [2.75, 3.05) is 12.4 Å². The van der Waals surface area contributed by atoms with Crippen LogP contribution < -0.4 is 5.32 Å². The van der Waals surface area contributed by atoms with Crippen LogP contribution in [0.5, 0.6) is 0 Å². The van der Waals surface area contributed by atoms with Crippen LogP contribution in [0, 0.1) is 0 Å². The van der Waals surface area contributed by atoms with Gasteiger partial charge in [-0.1, -0.05) is 28.1 Å². The third-order valence-electron chi connectivity index (χ3n) is 3.82. The highest BCUT2D eigenvalue weighted by atomic mass is 79.9. The molecule has 2 aromatic rings. The molecule has 128 valence electrons. The molecule has 1 aliphatic rings. The Bertz CT molecular complexity index is 864. The summed E-state index contributed by atoms with van der Waals surface area (Å²) >= 11 is 3.35. The van der Waals surface area contributed by atoms with E-state index in [9.17, 15) is 14.4 Å². The molecule has 1 N–H and O–H groups in total. The van der Waals surface area contributed by atoms with Crippen molar-refractivity contribution < 1.29 is 23.9 Å². The summed E-state index contributed by atoms with van der Waals surface area (Å²) in [6.45, 7) is 0. The van der Waals surface area contributed by atoms with Gasteiger partial charge in [-0.15, -0.1) is 0 Å². The Morgan fingerprint density at radius 3 is 2.76 bits per heavy atom. The number of esters is 2. The van der Waals surface area contributed by atoms with Crippen molar-refractivity contribution in [1.82, 2.24) is 0 Å². The van der Waals surface area contributed by atoms with Gasteiger partial charge in [0.25, 0.3) is 5.91 Å². The predicted octanol–water partition coefficient (Wildman–Crippen LogP) is 2.96. The molecule has 0 saturated carbocycles. The number of hydrogen-bond acceptors (Lipinski definition) is 5. The molecule has 0 aliphatic carbocycles. The largest absolute Gasteiger partial charge is 0.465 e. The van der Waals surface area contributed by atoms with Gasteiger partial charge in [-0.2, -0.15) is 0 Å². The minimum atomic E-state index is -0.972. The van der Waals surface area contributed by atoms with E-state index in [1.54, 1.807) is 42.5 Å². The number of halogens is 1. The van der Waals surface area contributed by atoms with E-state index in [1.165, 1.54) is 7.11 Å². The molecular formula is C18H14BrNO5. The number of cyclic esters (lactones) is 1. The summed E-state index contributed by atoms with van der Waals surface area (Å²) in [6.07, 6.45) is -0.716. The molecule has 0 spiro atoms. The van der Waals surface area contributed by atoms with Crippen LogP contribution in [0.2, 0.25) is 0 Å². The summed E-state index contributed by atoms with van der Waals surface area (Å²) in [5.74, 6) is -1.61. The highest BCUT2D eigenvalue weighted by Gasteiger charge is 2.32. The average Bonchev–Trinajstić information content (AvgIpc) is 2.61. The molecule has 1 unspecified atom stereocenters. The first-order chi connectivity index (χ1) is 12.0. The third kappa shape index (κ3) is 3.56. The quantitative estimate of drug-likeness (QED) is 0.796. The van der Waals surface area contributed by atoms with Crippen molar-refractivity contribution in [3.05, 3.63) is 63.6 Å². The van der Waals surface area contributed by atoms with E-state index < -0.39 is 23.9 Å². The van der Waals surface area contributed by atoms with Crippen molar-refractivity contribution in [2.24, 2.45) is 0 Å². The van der Waals surface area contributed by atoms with Crippen molar-refractivity contribution in [2.45, 2.75) is 12.5 Å². The number of methoxy groups -OCH3 is 1. The predicted molar refractivity (Wildman–Crippen MR) is 93.5 cm³/mol. The Morgan fingerprint density at radius 1 is 1.24 bits per heavy atom. The molecular weight excluding hydrogens is 390 g/mol. The minimum absolute atomic E-state index is 0.226. The zero-order valence-corrected chi connectivity index (χ0v) is 14.8. The van der Waals surface area contributed by atoms with Gasteiger partial charge in [0, 0.05) is 10.9 Å². The summed E-state index contributed by atoms with van der Waals surface area (Å²) in [7, 11) is 1.26. The monoisotopic (exact) mass is 403 g/mol. The smallest absolute Gasteiger partial charge is 0.339 e. The molecule has 25 heavy (non-hydrogen) atoms. The molecule has 1 heterocycles. The Morgan fingerprint density at radius 2 is 2.00 bits per heavy atom. The van der Waals surface area contributed by atoms with Gasteiger partial charge in [-0.3, -0.25) is 4.79 Å². The summed E-state index contributed by atoms with van der Waals surface area (Å²) in [6, 6.07) is 11.7. The van der Waals surface area contributed by atoms with Crippen LogP contribution >= 0.6 is 15.9 Å². The first-order valence-corrected chi connectivity index (χ1v) is 8.26. The van der Waals surface area contributed by atoms with Gasteiger partial charge in [-0.25, -0.2) is 9.59 Å². The number of benzene rings is 2. The summed E-state index contributed by atoms with van der Waals surface area (Å²) < 4.78 is 10.7. The second kappa shape index (κ2) is 7.06. The van der Waals surface area contributed by atoms with Gasteiger partial charge in [0.15, 0.2) is 6.10 Å². The first-order valence-electron chi connectivity index (χ1n) is 7.47. The van der Waals surface area contributed by atoms with Gasteiger partial charge in [0.05, 0.1) is 23.9 Å². The van der Waals surface area contributed by atoms with E-state index in [4.69, 9.17) is 9.47 Å². The molecule has 6 nitrogen and oxygen atoms in total. The van der Waals surface area contributed by atoms with Crippen molar-refractivity contribution in [1.29, 1.82) is 0 Å². The van der Waals surface area contributed by atoms with E-state index in [1.807, 2.05) is 0 Å². The molecule has 0 fully saturated rings. The molecule has 7 heteroatoms. The minimum Gasteiger partial charge on any atom is -0.465 e. The van der Waals surface area contributed by atoms with Crippen molar-refractivity contribution in [3.63, 3.8) is 0 Å². The van der Waals surface area contributed by atoms with E-state index in [0.29, 0.717) is 11.3 Å². The summed E-state index contributed by atoms with van der Waals surface area (Å²) in [5.41, 5.74) is 1.70. The second-order valence-corrected chi connectivity index (χ2v) is 6.34. The lowest BCUT2D eigenvalue weighted by atomic mass is 9.98. The number of amides is 1. The number of hydrogen-bond donors (Lipinski definition) is 1. The summed E-state index contributed by atoms with van der Waals surface area (Å²) in [5, 5.41) is 2.63. The maximum atomic E-state index is 12.5. The number of nitrogens with one attached hydrogen (secondary N) is 1. The van der Waals surface area contributed by atoms with Gasteiger partial charge < -0.3 is 14.8 Å². The fourth-order valence-corrected chi connectivity index (χ4v) is 3.01. The maximum Gasteiger partial charge on any atom is 0.339 e. The van der Waals surface area contributed by atoms with Crippen molar-refractivity contribution in [3.8, 4) is 0 Å². The van der Waals surface area contributed by atoms with Gasteiger partial charge in [0.2, 0.25) is 0 Å². The number of fused-ring (bicyclic) bond motifs is 1. The number of carbonyl (C=O) groups is 3. The zero-order valence-electron chi connectivity index (χ0n) is 13.2. The molecule has 0 saturated heterocycles. The molecule has 2 aromatic carbocycles. The Hall–Kier alpha value is -2.67. The lowest BCUT2D eigenvalue weighted by molar-refractivity contribution is -0.125. The Kier molecular flexibility index (Phi) is 4.85. The SMILES string of the molecule is COC(=O)c1ccccc1NC(=O)C1Cc2cc(Br)ccc2C(=O)O1. The lowest BCUT2D eigenvalue weighted by Crippen LogP contribution is -2.38. The van der Waals surface area contributed by atoms with E-state index in [2.05, 4.69) is 21.2 Å². The standard InChI is InChI=1S/C18H14BrNO5/c1-24-17(22)13-4-2-3-5-14(13)20-16(21)15-9-10-8-11(19)6-7-12(10)18(23)25-15/h2-8,15H,9H2,1H3,(H,20,21). The number of ether oxygens (including phenoxy) is 2. The second-order valence-electron chi connectivity index (χ2n) is 5.43. The molecule has 1 aliphatic heterocycles. The number of anilines is 1. The molecule has 1 amide bonds. The van der Waals surface area contributed by atoms with Gasteiger partial charge >= 0.3 is 11.9 Å². The Labute approximate surface area is 152 Å². The van der Waals surface area contributed by atoms with Crippen LogP contribution in [0.25, 0.3) is 0 Å². The number of para-hydroxylation sites is 1. The van der Waals surface area contributed by atoms with Crippen LogP contribution in [0.15, 0.2) is 46.9 Å². The van der Waals surface area contributed by atoms with E-state index in [-0.39, 0.29) is 12.0 Å². The van der Waals surface area contributed by atoms with Crippen LogP contribution in [-0.2, 0) is 20.7 Å². The fraction of sp³-hybridized carbons (Fsp3) is 0.167. The average molecular weight is 404 g/mol. The highest BCUT2D eigenvalue weighted by Crippen LogP contribution is 2.25. The molecule has 0 bridgehead atoms. The Balaban J connectivity index is 1.81. The number of carbonyl (C=O) groups excluding carboxylic acids is 3. The molecule has 0 aromatic heterocycles. The first kappa shape index (κ1) is 17.2. The molecule has 3 rings (SSSR count). The zero-order chi connectivity index (χ0) is 18.0. The third-order valence-corrected chi connectivity index (χ3v) is 4.32.